The Labute approximate surface area is 114 Å². The molecule has 0 heterocycles. The van der Waals surface area contributed by atoms with Crippen molar-refractivity contribution in [1.29, 1.82) is 0 Å². The lowest BCUT2D eigenvalue weighted by atomic mass is 10.0. The maximum atomic E-state index is 11.2. The maximum absolute atomic E-state index is 11.2. The van der Waals surface area contributed by atoms with E-state index in [0.717, 1.165) is 12.0 Å². The van der Waals surface area contributed by atoms with Crippen molar-refractivity contribution in [2.24, 2.45) is 0 Å². The summed E-state index contributed by atoms with van der Waals surface area (Å²) in [5.74, 6) is -0.322. The van der Waals surface area contributed by atoms with Gasteiger partial charge >= 0.3 is 0 Å². The Bertz CT molecular complexity index is 445. The molecule has 0 saturated heterocycles. The molecule has 3 nitrogen and oxygen atoms in total. The predicted octanol–water partition coefficient (Wildman–Crippen LogP) is 3.15. The Hall–Kier alpha value is -0.580. The van der Waals surface area contributed by atoms with E-state index >= 15 is 0 Å². The van der Waals surface area contributed by atoms with Gasteiger partial charge in [-0.15, -0.1) is 0 Å². The van der Waals surface area contributed by atoms with Gasteiger partial charge in [-0.25, -0.2) is 8.42 Å². The van der Waals surface area contributed by atoms with Crippen LogP contribution in [0, 0.1) is 0 Å². The molecular formula is C13H19ClO3S. The van der Waals surface area contributed by atoms with Gasteiger partial charge in [0, 0.05) is 16.6 Å². The van der Waals surface area contributed by atoms with Crippen molar-refractivity contribution < 1.29 is 13.2 Å². The highest BCUT2D eigenvalue weighted by Gasteiger charge is 2.20. The number of ether oxygens (including phenoxy) is 1. The Kier molecular flexibility index (Phi) is 6.12. The fourth-order valence-electron chi connectivity index (χ4n) is 1.60. The van der Waals surface area contributed by atoms with Crippen LogP contribution in [0.25, 0.3) is 0 Å². The number of hydrogen-bond donors (Lipinski definition) is 0. The lowest BCUT2D eigenvalue weighted by Crippen LogP contribution is -2.19. The summed E-state index contributed by atoms with van der Waals surface area (Å²) >= 11 is 0. The maximum Gasteiger partial charge on any atom is 0.233 e. The van der Waals surface area contributed by atoms with Gasteiger partial charge in [-0.1, -0.05) is 37.3 Å². The van der Waals surface area contributed by atoms with Gasteiger partial charge in [0.15, 0.2) is 0 Å². The van der Waals surface area contributed by atoms with Gasteiger partial charge in [0.05, 0.1) is 18.5 Å². The van der Waals surface area contributed by atoms with Crippen molar-refractivity contribution in [1.82, 2.24) is 0 Å². The normalized spacial score (nSPS) is 15.3. The summed E-state index contributed by atoms with van der Waals surface area (Å²) in [6, 6.07) is 9.45. The summed E-state index contributed by atoms with van der Waals surface area (Å²) in [6.45, 7) is 4.36. The zero-order valence-corrected chi connectivity index (χ0v) is 12.2. The highest BCUT2D eigenvalue weighted by Crippen LogP contribution is 2.20. The molecule has 5 heteroatoms. The van der Waals surface area contributed by atoms with E-state index in [2.05, 4.69) is 0 Å². The summed E-state index contributed by atoms with van der Waals surface area (Å²) in [5.41, 5.74) is 0.935. The zero-order chi connectivity index (χ0) is 13.6. The first kappa shape index (κ1) is 15.5. The molecule has 0 aliphatic rings. The third-order valence-corrected chi connectivity index (χ3v) is 4.01. The second-order valence-corrected chi connectivity index (χ2v) is 7.19. The molecule has 2 atom stereocenters. The summed E-state index contributed by atoms with van der Waals surface area (Å²) in [4.78, 5) is 0. The molecule has 1 aromatic carbocycles. The minimum absolute atomic E-state index is 0.102. The van der Waals surface area contributed by atoms with Crippen LogP contribution in [-0.2, 0) is 13.8 Å². The molecule has 2 unspecified atom stereocenters. The molecule has 0 aliphatic heterocycles. The fraction of sp³-hybridized carbons (Fsp3) is 0.538. The van der Waals surface area contributed by atoms with Crippen LogP contribution in [0.3, 0.4) is 0 Å². The molecule has 0 radical (unpaired) electrons. The van der Waals surface area contributed by atoms with Gasteiger partial charge in [0.25, 0.3) is 0 Å². The first-order valence-corrected chi connectivity index (χ1v) is 8.49. The number of halogens is 1. The average Bonchev–Trinajstić information content (AvgIpc) is 2.33. The second-order valence-electron chi connectivity index (χ2n) is 4.37. The van der Waals surface area contributed by atoms with E-state index in [9.17, 15) is 8.42 Å². The van der Waals surface area contributed by atoms with Crippen LogP contribution < -0.4 is 0 Å². The van der Waals surface area contributed by atoms with Gasteiger partial charge in [0.2, 0.25) is 9.05 Å². The van der Waals surface area contributed by atoms with E-state index in [-0.39, 0.29) is 17.8 Å². The molecule has 0 bridgehead atoms. The van der Waals surface area contributed by atoms with Crippen molar-refractivity contribution in [3.63, 3.8) is 0 Å². The number of benzene rings is 1. The fourth-order valence-corrected chi connectivity index (χ4v) is 2.83. The first-order valence-electron chi connectivity index (χ1n) is 6.01. The molecule has 1 rings (SSSR count). The largest absolute Gasteiger partial charge is 0.378 e. The summed E-state index contributed by atoms with van der Waals surface area (Å²) in [5, 5.41) is 0. The predicted molar refractivity (Wildman–Crippen MR) is 74.5 cm³/mol. The van der Waals surface area contributed by atoms with Crippen LogP contribution in [0.2, 0.25) is 0 Å². The molecule has 0 N–H and O–H groups in total. The standard InChI is InChI=1S/C13H19ClO3S/c1-3-11(2)17-9-13(10-18(14,15)16)12-7-5-4-6-8-12/h4-8,11,13H,3,9-10H2,1-2H3. The van der Waals surface area contributed by atoms with E-state index < -0.39 is 9.05 Å². The molecule has 0 spiro atoms. The Morgan fingerprint density at radius 1 is 1.28 bits per heavy atom. The van der Waals surface area contributed by atoms with Crippen LogP contribution >= 0.6 is 10.7 Å². The third-order valence-electron chi connectivity index (χ3n) is 2.83. The van der Waals surface area contributed by atoms with Crippen LogP contribution in [-0.4, -0.2) is 26.9 Å². The smallest absolute Gasteiger partial charge is 0.233 e. The van der Waals surface area contributed by atoms with Crippen molar-refractivity contribution >= 4 is 19.7 Å². The molecule has 0 aliphatic carbocycles. The molecular weight excluding hydrogens is 272 g/mol. The highest BCUT2D eigenvalue weighted by atomic mass is 35.7. The van der Waals surface area contributed by atoms with Gasteiger partial charge < -0.3 is 4.74 Å². The van der Waals surface area contributed by atoms with Gasteiger partial charge in [-0.2, -0.15) is 0 Å². The lowest BCUT2D eigenvalue weighted by molar-refractivity contribution is 0.0561. The molecule has 0 saturated carbocycles. The molecule has 1 aromatic rings. The van der Waals surface area contributed by atoms with Gasteiger partial charge in [0.1, 0.15) is 0 Å². The van der Waals surface area contributed by atoms with Crippen molar-refractivity contribution in [3.8, 4) is 0 Å². The first-order chi connectivity index (χ1) is 8.42. The van der Waals surface area contributed by atoms with Crippen LogP contribution in [0.4, 0.5) is 0 Å². The van der Waals surface area contributed by atoms with Crippen molar-refractivity contribution in [3.05, 3.63) is 35.9 Å². The van der Waals surface area contributed by atoms with Crippen molar-refractivity contribution in [2.75, 3.05) is 12.4 Å². The highest BCUT2D eigenvalue weighted by molar-refractivity contribution is 8.13. The average molecular weight is 291 g/mol. The van der Waals surface area contributed by atoms with E-state index in [1.165, 1.54) is 0 Å². The summed E-state index contributed by atoms with van der Waals surface area (Å²) in [7, 11) is 1.81. The monoisotopic (exact) mass is 290 g/mol. The van der Waals surface area contributed by atoms with Gasteiger partial charge in [-0.3, -0.25) is 0 Å². The SMILES string of the molecule is CCC(C)OCC(CS(=O)(=O)Cl)c1ccccc1. The topological polar surface area (TPSA) is 43.4 Å². The minimum Gasteiger partial charge on any atom is -0.378 e. The zero-order valence-electron chi connectivity index (χ0n) is 10.7. The summed E-state index contributed by atoms with van der Waals surface area (Å²) < 4.78 is 28.1. The van der Waals surface area contributed by atoms with Crippen LogP contribution in [0.5, 0.6) is 0 Å². The number of rotatable bonds is 7. The molecule has 0 amide bonds. The molecule has 0 aromatic heterocycles. The van der Waals surface area contributed by atoms with Crippen molar-refractivity contribution in [2.45, 2.75) is 32.3 Å². The van der Waals surface area contributed by atoms with E-state index in [0.29, 0.717) is 6.61 Å². The van der Waals surface area contributed by atoms with Crippen LogP contribution in [0.1, 0.15) is 31.7 Å². The Morgan fingerprint density at radius 3 is 2.39 bits per heavy atom. The van der Waals surface area contributed by atoms with E-state index in [1.807, 2.05) is 44.2 Å². The lowest BCUT2D eigenvalue weighted by Gasteiger charge is -2.18. The third kappa shape index (κ3) is 5.85. The van der Waals surface area contributed by atoms with E-state index in [4.69, 9.17) is 15.4 Å². The van der Waals surface area contributed by atoms with Gasteiger partial charge in [-0.05, 0) is 18.9 Å². The molecule has 18 heavy (non-hydrogen) atoms. The minimum atomic E-state index is -3.53. The summed E-state index contributed by atoms with van der Waals surface area (Å²) in [6.07, 6.45) is 1.02. The van der Waals surface area contributed by atoms with Crippen LogP contribution in [0.15, 0.2) is 30.3 Å². The molecule has 0 fully saturated rings. The Balaban J connectivity index is 2.76. The quantitative estimate of drug-likeness (QED) is 0.725. The molecule has 102 valence electrons. The Morgan fingerprint density at radius 2 is 1.89 bits per heavy atom. The van der Waals surface area contributed by atoms with E-state index in [1.54, 1.807) is 0 Å². The second kappa shape index (κ2) is 7.12. The number of hydrogen-bond acceptors (Lipinski definition) is 3.